The number of nitrogens with one attached hydrogen (secondary N) is 1. The largest absolute Gasteiger partial charge is 0.573 e. The van der Waals surface area contributed by atoms with Crippen LogP contribution in [0.15, 0.2) is 60.9 Å². The summed E-state index contributed by atoms with van der Waals surface area (Å²) in [5.41, 5.74) is 2.39. The maximum absolute atomic E-state index is 14.0. The molecule has 0 aliphatic carbocycles. The van der Waals surface area contributed by atoms with E-state index in [1.54, 1.807) is 36.7 Å². The van der Waals surface area contributed by atoms with Crippen LogP contribution < -0.4 is 9.30 Å². The van der Waals surface area contributed by atoms with Crippen molar-refractivity contribution in [3.63, 3.8) is 0 Å². The molecule has 0 fully saturated rings. The van der Waals surface area contributed by atoms with Gasteiger partial charge < -0.3 is 9.72 Å². The van der Waals surface area contributed by atoms with E-state index in [9.17, 15) is 17.6 Å². The van der Waals surface area contributed by atoms with Crippen LogP contribution in [-0.2, 0) is 6.54 Å². The lowest BCUT2D eigenvalue weighted by Gasteiger charge is -2.10. The molecule has 148 valence electrons. The number of aromatic amines is 1. The van der Waals surface area contributed by atoms with E-state index >= 15 is 0 Å². The van der Waals surface area contributed by atoms with E-state index in [0.29, 0.717) is 34.5 Å². The highest BCUT2D eigenvalue weighted by Crippen LogP contribution is 2.30. The van der Waals surface area contributed by atoms with Crippen LogP contribution in [0.2, 0.25) is 5.02 Å². The molecule has 0 saturated carbocycles. The molecule has 4 rings (SSSR count). The van der Waals surface area contributed by atoms with E-state index in [1.807, 2.05) is 4.57 Å². The van der Waals surface area contributed by atoms with Crippen molar-refractivity contribution in [1.82, 2.24) is 9.97 Å². The number of rotatable bonds is 4. The van der Waals surface area contributed by atoms with E-state index < -0.39 is 12.1 Å². The number of nitrogens with zero attached hydrogens (tertiary/aromatic N) is 2. The Labute approximate surface area is 167 Å². The van der Waals surface area contributed by atoms with Crippen molar-refractivity contribution in [3.8, 4) is 17.1 Å². The minimum absolute atomic E-state index is 0.134. The molecule has 0 saturated heterocycles. The Kier molecular flexibility index (Phi) is 4.87. The lowest BCUT2D eigenvalue weighted by Crippen LogP contribution is -2.33. The zero-order valence-electron chi connectivity index (χ0n) is 14.7. The predicted octanol–water partition coefficient (Wildman–Crippen LogP) is 5.26. The molecule has 4 nitrogen and oxygen atoms in total. The van der Waals surface area contributed by atoms with Gasteiger partial charge in [0.25, 0.3) is 0 Å². The van der Waals surface area contributed by atoms with E-state index in [0.717, 1.165) is 0 Å². The molecule has 0 amide bonds. The molecule has 0 atom stereocenters. The molecule has 2 aromatic heterocycles. The molecule has 29 heavy (non-hydrogen) atoms. The second-order valence-electron chi connectivity index (χ2n) is 6.29. The molecule has 0 radical (unpaired) electrons. The summed E-state index contributed by atoms with van der Waals surface area (Å²) in [6, 6.07) is 12.2. The summed E-state index contributed by atoms with van der Waals surface area (Å²) < 4.78 is 56.7. The highest BCUT2D eigenvalue weighted by Gasteiger charge is 2.32. The van der Waals surface area contributed by atoms with Crippen LogP contribution in [0.4, 0.5) is 17.6 Å². The summed E-state index contributed by atoms with van der Waals surface area (Å²) in [5, 5.41) is -0.134. The van der Waals surface area contributed by atoms with Crippen molar-refractivity contribution in [3.05, 3.63) is 77.3 Å². The number of H-pyrrole nitrogens is 1. The number of fused-ring (bicyclic) bond motifs is 1. The molecule has 0 unspecified atom stereocenters. The zero-order valence-corrected chi connectivity index (χ0v) is 15.4. The van der Waals surface area contributed by atoms with Crippen LogP contribution in [0.1, 0.15) is 5.56 Å². The number of halogens is 5. The second-order valence-corrected chi connectivity index (χ2v) is 6.70. The number of hydrogen-bond acceptors (Lipinski definition) is 2. The Morgan fingerprint density at radius 3 is 2.62 bits per heavy atom. The summed E-state index contributed by atoms with van der Waals surface area (Å²) >= 11 is 5.90. The van der Waals surface area contributed by atoms with Crippen molar-refractivity contribution in [2.45, 2.75) is 12.9 Å². The van der Waals surface area contributed by atoms with E-state index in [2.05, 4.69) is 14.7 Å². The van der Waals surface area contributed by atoms with Gasteiger partial charge in [0.1, 0.15) is 28.4 Å². The van der Waals surface area contributed by atoms with Crippen molar-refractivity contribution in [2.24, 2.45) is 0 Å². The lowest BCUT2D eigenvalue weighted by molar-refractivity contribution is -0.687. The standard InChI is InChI=1S/C20H12ClF4N3O/c21-14-9-12(5-6-18(14)29-20(23,24)25)10-28-8-7-16-17(11-28)27-19(26-16)13-3-1-2-4-15(13)22/h1-9,11H,10H2/p+1. The normalized spacial score (nSPS) is 11.8. The van der Waals surface area contributed by atoms with Crippen LogP contribution in [-0.4, -0.2) is 16.3 Å². The van der Waals surface area contributed by atoms with Crippen LogP contribution in [0.3, 0.4) is 0 Å². The molecule has 1 N–H and O–H groups in total. The summed E-state index contributed by atoms with van der Waals surface area (Å²) in [4.78, 5) is 7.48. The predicted molar refractivity (Wildman–Crippen MR) is 98.9 cm³/mol. The van der Waals surface area contributed by atoms with Crippen molar-refractivity contribution < 1.29 is 26.9 Å². The fourth-order valence-electron chi connectivity index (χ4n) is 2.94. The van der Waals surface area contributed by atoms with Gasteiger partial charge in [0.05, 0.1) is 10.6 Å². The van der Waals surface area contributed by atoms with Gasteiger partial charge in [-0.25, -0.2) is 9.37 Å². The third-order valence-corrected chi connectivity index (χ3v) is 4.49. The molecule has 4 aromatic rings. The summed E-state index contributed by atoms with van der Waals surface area (Å²) in [6.07, 6.45) is -1.26. The third-order valence-electron chi connectivity index (χ3n) is 4.20. The average molecular weight is 423 g/mol. The van der Waals surface area contributed by atoms with Gasteiger partial charge in [-0.3, -0.25) is 0 Å². The van der Waals surface area contributed by atoms with E-state index in [4.69, 9.17) is 11.6 Å². The molecule has 0 bridgehead atoms. The lowest BCUT2D eigenvalue weighted by atomic mass is 10.2. The van der Waals surface area contributed by atoms with Crippen molar-refractivity contribution >= 4 is 22.6 Å². The molecule has 0 aliphatic rings. The quantitative estimate of drug-likeness (QED) is 0.360. The summed E-state index contributed by atoms with van der Waals surface area (Å²) in [6.45, 7) is 0.357. The maximum atomic E-state index is 14.0. The summed E-state index contributed by atoms with van der Waals surface area (Å²) in [5.74, 6) is -0.422. The molecule has 2 heterocycles. The number of benzene rings is 2. The smallest absolute Gasteiger partial charge is 0.404 e. The van der Waals surface area contributed by atoms with Gasteiger partial charge in [-0.05, 0) is 30.3 Å². The number of ether oxygens (including phenoxy) is 1. The SMILES string of the molecule is Fc1ccccc1-c1nc2cc[n+](Cc3ccc(OC(F)(F)F)c(Cl)c3)cc2[nH]1. The number of aromatic nitrogens is 3. The number of pyridine rings is 1. The fraction of sp³-hybridized carbons (Fsp3) is 0.100. The van der Waals surface area contributed by atoms with Crippen LogP contribution in [0, 0.1) is 5.82 Å². The number of imidazole rings is 1. The fourth-order valence-corrected chi connectivity index (χ4v) is 3.18. The van der Waals surface area contributed by atoms with Gasteiger partial charge in [0.15, 0.2) is 18.9 Å². The van der Waals surface area contributed by atoms with Gasteiger partial charge >= 0.3 is 6.36 Å². The first kappa shape index (κ1) is 19.2. The Hall–Kier alpha value is -3.13. The molecule has 2 aromatic carbocycles. The zero-order chi connectivity index (χ0) is 20.6. The Bertz CT molecular complexity index is 1190. The molecule has 9 heteroatoms. The van der Waals surface area contributed by atoms with Crippen LogP contribution in [0.25, 0.3) is 22.4 Å². The molecule has 0 spiro atoms. The highest BCUT2D eigenvalue weighted by molar-refractivity contribution is 6.32. The molecular formula is C20H13ClF4N3O+. The monoisotopic (exact) mass is 422 g/mol. The van der Waals surface area contributed by atoms with Gasteiger partial charge in [0.2, 0.25) is 0 Å². The third kappa shape index (κ3) is 4.32. The summed E-state index contributed by atoms with van der Waals surface area (Å²) in [7, 11) is 0. The van der Waals surface area contributed by atoms with E-state index in [-0.39, 0.29) is 10.8 Å². The first-order chi connectivity index (χ1) is 13.8. The minimum Gasteiger partial charge on any atom is -0.404 e. The Morgan fingerprint density at radius 1 is 1.10 bits per heavy atom. The van der Waals surface area contributed by atoms with Crippen molar-refractivity contribution in [2.75, 3.05) is 0 Å². The Balaban J connectivity index is 1.59. The highest BCUT2D eigenvalue weighted by atomic mass is 35.5. The van der Waals surface area contributed by atoms with E-state index in [1.165, 1.54) is 24.3 Å². The number of alkyl halides is 3. The van der Waals surface area contributed by atoms with Gasteiger partial charge in [0, 0.05) is 11.6 Å². The van der Waals surface area contributed by atoms with Gasteiger partial charge in [-0.15, -0.1) is 13.2 Å². The van der Waals surface area contributed by atoms with Gasteiger partial charge in [-0.2, -0.15) is 4.57 Å². The Morgan fingerprint density at radius 2 is 1.90 bits per heavy atom. The molecular weight excluding hydrogens is 410 g/mol. The van der Waals surface area contributed by atoms with Crippen molar-refractivity contribution in [1.29, 1.82) is 0 Å². The minimum atomic E-state index is -4.80. The first-order valence-electron chi connectivity index (χ1n) is 8.46. The maximum Gasteiger partial charge on any atom is 0.573 e. The topological polar surface area (TPSA) is 41.8 Å². The first-order valence-corrected chi connectivity index (χ1v) is 8.84. The molecule has 0 aliphatic heterocycles. The van der Waals surface area contributed by atoms with Crippen LogP contribution >= 0.6 is 11.6 Å². The van der Waals surface area contributed by atoms with Crippen LogP contribution in [0.5, 0.6) is 5.75 Å². The second kappa shape index (κ2) is 7.36. The number of hydrogen-bond donors (Lipinski definition) is 1. The average Bonchev–Trinajstić information content (AvgIpc) is 3.06. The van der Waals surface area contributed by atoms with Gasteiger partial charge in [-0.1, -0.05) is 23.7 Å².